The highest BCUT2D eigenvalue weighted by atomic mass is 32.2. The molecule has 2 atom stereocenters. The molecule has 2 aliphatic rings. The van der Waals surface area contributed by atoms with Crippen LogP contribution in [0.1, 0.15) is 31.5 Å². The first-order valence-corrected chi connectivity index (χ1v) is 8.21. The molecular formula is C15H19FN2OS. The van der Waals surface area contributed by atoms with E-state index in [0.29, 0.717) is 11.8 Å². The van der Waals surface area contributed by atoms with Crippen LogP contribution >= 0.6 is 11.8 Å². The van der Waals surface area contributed by atoms with Crippen molar-refractivity contribution >= 4 is 17.7 Å². The molecule has 0 aromatic heterocycles. The third-order valence-electron chi connectivity index (χ3n) is 4.17. The van der Waals surface area contributed by atoms with E-state index in [1.807, 2.05) is 17.2 Å². The summed E-state index contributed by atoms with van der Waals surface area (Å²) in [6.07, 6.45) is 3.63. The molecule has 1 spiro atoms. The van der Waals surface area contributed by atoms with Gasteiger partial charge in [-0.05, 0) is 36.8 Å². The summed E-state index contributed by atoms with van der Waals surface area (Å²) < 4.78 is 13.4. The van der Waals surface area contributed by atoms with Crippen LogP contribution < -0.4 is 5.32 Å². The number of halogens is 1. The Morgan fingerprint density at radius 3 is 2.90 bits per heavy atom. The van der Waals surface area contributed by atoms with E-state index in [-0.39, 0.29) is 23.4 Å². The van der Waals surface area contributed by atoms with Crippen LogP contribution in [0, 0.1) is 5.82 Å². The van der Waals surface area contributed by atoms with E-state index in [1.54, 1.807) is 17.8 Å². The zero-order chi connectivity index (χ0) is 14.3. The molecule has 108 valence electrons. The number of rotatable bonds is 4. The summed E-state index contributed by atoms with van der Waals surface area (Å²) in [6, 6.07) is 6.53. The van der Waals surface area contributed by atoms with Gasteiger partial charge in [0.1, 0.15) is 17.5 Å². The molecule has 1 aliphatic carbocycles. The van der Waals surface area contributed by atoms with Crippen LogP contribution in [0.25, 0.3) is 0 Å². The van der Waals surface area contributed by atoms with Crippen LogP contribution in [0.2, 0.25) is 0 Å². The first kappa shape index (κ1) is 13.9. The lowest BCUT2D eigenvalue weighted by Crippen LogP contribution is -2.36. The number of hydrogen-bond donors (Lipinski definition) is 1. The maximum Gasteiger partial charge on any atom is 0.244 e. The van der Waals surface area contributed by atoms with Gasteiger partial charge >= 0.3 is 0 Å². The number of nitrogens with one attached hydrogen (secondary N) is 1. The molecule has 1 saturated carbocycles. The van der Waals surface area contributed by atoms with Crippen LogP contribution in [0.5, 0.6) is 0 Å². The normalized spacial score (nSPS) is 25.2. The average Bonchev–Trinajstić information content (AvgIpc) is 3.17. The Morgan fingerprint density at radius 1 is 1.55 bits per heavy atom. The predicted molar refractivity (Wildman–Crippen MR) is 78.9 cm³/mol. The lowest BCUT2D eigenvalue weighted by atomic mass is 10.1. The van der Waals surface area contributed by atoms with Crippen molar-refractivity contribution in [3.8, 4) is 0 Å². The van der Waals surface area contributed by atoms with Gasteiger partial charge in [-0.15, -0.1) is 0 Å². The van der Waals surface area contributed by atoms with E-state index in [1.165, 1.54) is 12.1 Å². The van der Waals surface area contributed by atoms with Crippen molar-refractivity contribution in [1.29, 1.82) is 0 Å². The van der Waals surface area contributed by atoms with Crippen molar-refractivity contribution in [2.24, 2.45) is 0 Å². The van der Waals surface area contributed by atoms with Gasteiger partial charge in [0.2, 0.25) is 5.91 Å². The van der Waals surface area contributed by atoms with E-state index in [4.69, 9.17) is 0 Å². The number of carbonyl (C=O) groups is 1. The molecule has 1 aromatic carbocycles. The Balaban J connectivity index is 1.89. The molecule has 0 radical (unpaired) electrons. The summed E-state index contributed by atoms with van der Waals surface area (Å²) in [5.41, 5.74) is 0.463. The van der Waals surface area contributed by atoms with E-state index >= 15 is 0 Å². The van der Waals surface area contributed by atoms with Crippen LogP contribution in [-0.2, 0) is 4.79 Å². The number of thioether (sulfide) groups is 1. The first-order chi connectivity index (χ1) is 9.55. The van der Waals surface area contributed by atoms with Crippen LogP contribution in [0.4, 0.5) is 4.39 Å². The number of benzene rings is 1. The maximum atomic E-state index is 13.4. The molecule has 5 heteroatoms. The van der Waals surface area contributed by atoms with Crippen molar-refractivity contribution in [3.63, 3.8) is 0 Å². The highest BCUT2D eigenvalue weighted by molar-refractivity contribution is 7.99. The van der Waals surface area contributed by atoms with Crippen molar-refractivity contribution in [2.75, 3.05) is 12.8 Å². The third kappa shape index (κ3) is 2.33. The number of hydrogen-bond acceptors (Lipinski definition) is 3. The fourth-order valence-electron chi connectivity index (χ4n) is 2.76. The second kappa shape index (κ2) is 5.04. The molecule has 2 fully saturated rings. The number of nitrogens with zero attached hydrogens (tertiary/aromatic N) is 1. The van der Waals surface area contributed by atoms with Gasteiger partial charge in [0.05, 0.1) is 0 Å². The summed E-state index contributed by atoms with van der Waals surface area (Å²) in [4.78, 5) is 14.4. The van der Waals surface area contributed by atoms with Crippen molar-refractivity contribution in [3.05, 3.63) is 35.6 Å². The highest BCUT2D eigenvalue weighted by Gasteiger charge is 2.59. The number of carbonyl (C=O) groups excluding carboxylic acids is 1. The molecule has 1 N–H and O–H groups in total. The van der Waals surface area contributed by atoms with Crippen molar-refractivity contribution < 1.29 is 9.18 Å². The Morgan fingerprint density at radius 2 is 2.30 bits per heavy atom. The standard InChI is InChI=1S/C15H19FN2OS/c1-10(20-2)9-18-13(11-4-3-5-12(16)8-11)17-15(6-7-15)14(18)19/h3-5,8,10,13,17H,6-7,9H2,1-2H3. The monoisotopic (exact) mass is 294 g/mol. The van der Waals surface area contributed by atoms with Gasteiger partial charge in [0, 0.05) is 11.8 Å². The summed E-state index contributed by atoms with van der Waals surface area (Å²) >= 11 is 1.74. The topological polar surface area (TPSA) is 32.3 Å². The predicted octanol–water partition coefficient (Wildman–Crippen LogP) is 2.54. The van der Waals surface area contributed by atoms with E-state index < -0.39 is 0 Å². The molecule has 20 heavy (non-hydrogen) atoms. The minimum Gasteiger partial charge on any atom is -0.320 e. The van der Waals surface area contributed by atoms with E-state index in [9.17, 15) is 9.18 Å². The molecular weight excluding hydrogens is 275 g/mol. The SMILES string of the molecule is CSC(C)CN1C(=O)C2(CC2)NC1c1cccc(F)c1. The maximum absolute atomic E-state index is 13.4. The minimum absolute atomic E-state index is 0.174. The minimum atomic E-state index is -0.366. The van der Waals surface area contributed by atoms with Gasteiger partial charge < -0.3 is 4.90 Å². The lowest BCUT2D eigenvalue weighted by Gasteiger charge is -2.26. The fourth-order valence-corrected chi connectivity index (χ4v) is 3.07. The third-order valence-corrected chi connectivity index (χ3v) is 5.12. The molecule has 0 bridgehead atoms. The second-order valence-corrected chi connectivity index (χ2v) is 6.96. The van der Waals surface area contributed by atoms with Gasteiger partial charge in [0.15, 0.2) is 0 Å². The Kier molecular flexibility index (Phi) is 3.50. The Hall–Kier alpha value is -1.07. The molecule has 1 saturated heterocycles. The molecule has 3 nitrogen and oxygen atoms in total. The zero-order valence-corrected chi connectivity index (χ0v) is 12.5. The van der Waals surface area contributed by atoms with E-state index in [2.05, 4.69) is 12.2 Å². The van der Waals surface area contributed by atoms with Gasteiger partial charge in [-0.2, -0.15) is 11.8 Å². The fraction of sp³-hybridized carbons (Fsp3) is 0.533. The molecule has 1 amide bonds. The smallest absolute Gasteiger partial charge is 0.244 e. The van der Waals surface area contributed by atoms with Gasteiger partial charge in [-0.25, -0.2) is 4.39 Å². The van der Waals surface area contributed by atoms with E-state index in [0.717, 1.165) is 18.4 Å². The highest BCUT2D eigenvalue weighted by Crippen LogP contribution is 2.46. The van der Waals surface area contributed by atoms with Crippen molar-refractivity contribution in [2.45, 2.75) is 36.7 Å². The van der Waals surface area contributed by atoms with Gasteiger partial charge in [-0.3, -0.25) is 10.1 Å². The number of amides is 1. The molecule has 1 aromatic rings. The van der Waals surface area contributed by atoms with Crippen LogP contribution in [0.3, 0.4) is 0 Å². The zero-order valence-electron chi connectivity index (χ0n) is 11.7. The average molecular weight is 294 g/mol. The lowest BCUT2D eigenvalue weighted by molar-refractivity contribution is -0.130. The quantitative estimate of drug-likeness (QED) is 0.926. The molecule has 2 unspecified atom stereocenters. The Labute approximate surface area is 122 Å². The Bertz CT molecular complexity index is 532. The molecule has 3 rings (SSSR count). The van der Waals surface area contributed by atoms with Gasteiger partial charge in [0.25, 0.3) is 0 Å². The van der Waals surface area contributed by atoms with Gasteiger partial charge in [-0.1, -0.05) is 19.1 Å². The summed E-state index contributed by atoms with van der Waals surface area (Å²) in [5, 5.41) is 3.78. The molecule has 1 aliphatic heterocycles. The first-order valence-electron chi connectivity index (χ1n) is 6.93. The molecule has 1 heterocycles. The van der Waals surface area contributed by atoms with Crippen LogP contribution in [-0.4, -0.2) is 34.4 Å². The summed E-state index contributed by atoms with van der Waals surface area (Å²) in [5.74, 6) is -0.0842. The van der Waals surface area contributed by atoms with Crippen molar-refractivity contribution in [1.82, 2.24) is 10.2 Å². The summed E-state index contributed by atoms with van der Waals surface area (Å²) in [6.45, 7) is 2.80. The second-order valence-electron chi connectivity index (χ2n) is 5.69. The summed E-state index contributed by atoms with van der Waals surface area (Å²) in [7, 11) is 0. The largest absolute Gasteiger partial charge is 0.320 e. The van der Waals surface area contributed by atoms with Crippen LogP contribution in [0.15, 0.2) is 24.3 Å².